The first-order valence-electron chi connectivity index (χ1n) is 7.74. The van der Waals surface area contributed by atoms with Gasteiger partial charge in [-0.15, -0.1) is 0 Å². The highest BCUT2D eigenvalue weighted by Crippen LogP contribution is 2.25. The Bertz CT molecular complexity index is 782. The summed E-state index contributed by atoms with van der Waals surface area (Å²) in [6.45, 7) is 7.44. The van der Waals surface area contributed by atoms with Crippen LogP contribution in [0.25, 0.3) is 0 Å². The Balaban J connectivity index is 2.27. The summed E-state index contributed by atoms with van der Waals surface area (Å²) in [4.78, 5) is 4.38. The fourth-order valence-electron chi connectivity index (χ4n) is 2.58. The van der Waals surface area contributed by atoms with Crippen LogP contribution < -0.4 is 5.32 Å². The number of rotatable bonds is 6. The summed E-state index contributed by atoms with van der Waals surface area (Å²) in [6, 6.07) is 10.2. The molecule has 1 N–H and O–H groups in total. The highest BCUT2D eigenvalue weighted by Gasteiger charge is 2.29. The Hall–Kier alpha value is -1.63. The van der Waals surface area contributed by atoms with Gasteiger partial charge in [0.25, 0.3) is 0 Å². The number of anilines is 2. The van der Waals surface area contributed by atoms with Crippen molar-refractivity contribution in [3.8, 4) is 0 Å². The molecule has 0 saturated heterocycles. The van der Waals surface area contributed by atoms with E-state index in [4.69, 9.17) is 11.6 Å². The highest BCUT2D eigenvalue weighted by molar-refractivity contribution is 7.89. The van der Waals surface area contributed by atoms with Crippen LogP contribution in [0.3, 0.4) is 0 Å². The lowest BCUT2D eigenvalue weighted by atomic mass is 10.3. The van der Waals surface area contributed by atoms with Crippen molar-refractivity contribution in [2.45, 2.75) is 44.7 Å². The van der Waals surface area contributed by atoms with Crippen molar-refractivity contribution in [3.63, 3.8) is 0 Å². The van der Waals surface area contributed by atoms with Gasteiger partial charge >= 0.3 is 0 Å². The Morgan fingerprint density at radius 2 is 1.67 bits per heavy atom. The van der Waals surface area contributed by atoms with Crippen molar-refractivity contribution in [1.29, 1.82) is 0 Å². The molecule has 1 heterocycles. The third kappa shape index (κ3) is 4.06. The number of para-hydroxylation sites is 1. The Morgan fingerprint density at radius 3 is 2.17 bits per heavy atom. The standard InChI is InChI=1S/C17H22ClN3O2S/c1-12(2)21(13(3)4)24(22,23)14-9-10-17(19-11-14)20-16-8-6-5-7-15(16)18/h5-13H,1-4H3,(H,19,20). The van der Waals surface area contributed by atoms with Gasteiger partial charge < -0.3 is 5.32 Å². The fraction of sp³-hybridized carbons (Fsp3) is 0.353. The summed E-state index contributed by atoms with van der Waals surface area (Å²) in [6.07, 6.45) is 1.37. The average Bonchev–Trinajstić information content (AvgIpc) is 2.49. The summed E-state index contributed by atoms with van der Waals surface area (Å²) in [5.74, 6) is 0.530. The number of halogens is 1. The molecule has 2 rings (SSSR count). The summed E-state index contributed by atoms with van der Waals surface area (Å²) < 4.78 is 27.0. The molecule has 0 atom stereocenters. The monoisotopic (exact) mass is 367 g/mol. The van der Waals surface area contributed by atoms with Crippen LogP contribution >= 0.6 is 11.6 Å². The van der Waals surface area contributed by atoms with Crippen LogP contribution in [0.1, 0.15) is 27.7 Å². The minimum absolute atomic E-state index is 0.129. The zero-order valence-electron chi connectivity index (χ0n) is 14.2. The number of benzene rings is 1. The van der Waals surface area contributed by atoms with Gasteiger partial charge in [-0.05, 0) is 52.0 Å². The van der Waals surface area contributed by atoms with Crippen molar-refractivity contribution in [2.24, 2.45) is 0 Å². The smallest absolute Gasteiger partial charge is 0.245 e. The van der Waals surface area contributed by atoms with E-state index >= 15 is 0 Å². The number of nitrogens with one attached hydrogen (secondary N) is 1. The van der Waals surface area contributed by atoms with E-state index in [-0.39, 0.29) is 17.0 Å². The molecular formula is C17H22ClN3O2S. The lowest BCUT2D eigenvalue weighted by Crippen LogP contribution is -2.41. The first-order valence-corrected chi connectivity index (χ1v) is 9.56. The summed E-state index contributed by atoms with van der Waals surface area (Å²) >= 11 is 6.10. The molecular weight excluding hydrogens is 346 g/mol. The molecule has 0 fully saturated rings. The van der Waals surface area contributed by atoms with E-state index in [0.717, 1.165) is 0 Å². The number of hydrogen-bond donors (Lipinski definition) is 1. The van der Waals surface area contributed by atoms with Gasteiger partial charge in [0.15, 0.2) is 0 Å². The first kappa shape index (κ1) is 18.7. The predicted octanol–water partition coefficient (Wildman–Crippen LogP) is 4.29. The van der Waals surface area contributed by atoms with Gasteiger partial charge in [0.05, 0.1) is 10.7 Å². The largest absolute Gasteiger partial charge is 0.339 e. The molecule has 0 aliphatic heterocycles. The quantitative estimate of drug-likeness (QED) is 0.827. The number of hydrogen-bond acceptors (Lipinski definition) is 4. The molecule has 0 radical (unpaired) electrons. The van der Waals surface area contributed by atoms with Crippen molar-refractivity contribution in [3.05, 3.63) is 47.6 Å². The average molecular weight is 368 g/mol. The van der Waals surface area contributed by atoms with Gasteiger partial charge in [0.1, 0.15) is 10.7 Å². The van der Waals surface area contributed by atoms with Crippen LogP contribution in [0.2, 0.25) is 5.02 Å². The Labute approximate surface area is 148 Å². The van der Waals surface area contributed by atoms with Gasteiger partial charge in [0, 0.05) is 18.3 Å². The third-order valence-corrected chi connectivity index (χ3v) is 6.03. The van der Waals surface area contributed by atoms with E-state index in [1.165, 1.54) is 10.5 Å². The Morgan fingerprint density at radius 1 is 1.04 bits per heavy atom. The summed E-state index contributed by atoms with van der Waals surface area (Å²) in [5, 5.41) is 3.65. The second-order valence-electron chi connectivity index (χ2n) is 6.01. The van der Waals surface area contributed by atoms with Crippen molar-refractivity contribution in [1.82, 2.24) is 9.29 Å². The second kappa shape index (κ2) is 7.51. The third-order valence-electron chi connectivity index (χ3n) is 3.47. The number of pyridine rings is 1. The molecule has 0 aliphatic carbocycles. The van der Waals surface area contributed by atoms with E-state index in [1.807, 2.05) is 45.9 Å². The van der Waals surface area contributed by atoms with Crippen LogP contribution in [-0.4, -0.2) is 29.8 Å². The van der Waals surface area contributed by atoms with Crippen LogP contribution in [-0.2, 0) is 10.0 Å². The lowest BCUT2D eigenvalue weighted by molar-refractivity contribution is 0.302. The Kier molecular flexibility index (Phi) is 5.85. The minimum atomic E-state index is -3.58. The second-order valence-corrected chi connectivity index (χ2v) is 8.26. The molecule has 0 amide bonds. The lowest BCUT2D eigenvalue weighted by Gasteiger charge is -2.29. The van der Waals surface area contributed by atoms with Gasteiger partial charge in [-0.25, -0.2) is 13.4 Å². The van der Waals surface area contributed by atoms with E-state index in [1.54, 1.807) is 18.2 Å². The molecule has 7 heteroatoms. The zero-order valence-corrected chi connectivity index (χ0v) is 15.8. The van der Waals surface area contributed by atoms with Gasteiger partial charge in [0.2, 0.25) is 10.0 Å². The molecule has 2 aromatic rings. The molecule has 0 saturated carbocycles. The normalized spacial score (nSPS) is 12.2. The van der Waals surface area contributed by atoms with E-state index in [9.17, 15) is 8.42 Å². The molecule has 24 heavy (non-hydrogen) atoms. The number of aromatic nitrogens is 1. The molecule has 130 valence electrons. The minimum Gasteiger partial charge on any atom is -0.339 e. The van der Waals surface area contributed by atoms with Crippen molar-refractivity contribution < 1.29 is 8.42 Å². The molecule has 1 aromatic carbocycles. The van der Waals surface area contributed by atoms with E-state index in [2.05, 4.69) is 10.3 Å². The van der Waals surface area contributed by atoms with E-state index < -0.39 is 10.0 Å². The highest BCUT2D eigenvalue weighted by atomic mass is 35.5. The van der Waals surface area contributed by atoms with Crippen LogP contribution in [0, 0.1) is 0 Å². The first-order chi connectivity index (χ1) is 11.2. The van der Waals surface area contributed by atoms with Gasteiger partial charge in [-0.3, -0.25) is 0 Å². The molecule has 0 bridgehead atoms. The molecule has 5 nitrogen and oxygen atoms in total. The van der Waals surface area contributed by atoms with Crippen molar-refractivity contribution in [2.75, 3.05) is 5.32 Å². The number of sulfonamides is 1. The summed E-state index contributed by atoms with van der Waals surface area (Å²) in [7, 11) is -3.58. The molecule has 0 spiro atoms. The zero-order chi connectivity index (χ0) is 17.9. The predicted molar refractivity (Wildman–Crippen MR) is 98.3 cm³/mol. The maximum atomic E-state index is 12.8. The van der Waals surface area contributed by atoms with Gasteiger partial charge in [-0.1, -0.05) is 23.7 Å². The maximum absolute atomic E-state index is 12.8. The molecule has 1 aromatic heterocycles. The topological polar surface area (TPSA) is 62.3 Å². The number of nitrogens with zero attached hydrogens (tertiary/aromatic N) is 2. The fourth-order valence-corrected chi connectivity index (χ4v) is 4.54. The molecule has 0 unspecified atom stereocenters. The van der Waals surface area contributed by atoms with Gasteiger partial charge in [-0.2, -0.15) is 4.31 Å². The summed E-state index contributed by atoms with van der Waals surface area (Å²) in [5.41, 5.74) is 0.716. The van der Waals surface area contributed by atoms with Crippen LogP contribution in [0.5, 0.6) is 0 Å². The SMILES string of the molecule is CC(C)N(C(C)C)S(=O)(=O)c1ccc(Nc2ccccc2Cl)nc1. The molecule has 0 aliphatic rings. The van der Waals surface area contributed by atoms with Crippen LogP contribution in [0.4, 0.5) is 11.5 Å². The van der Waals surface area contributed by atoms with Crippen molar-refractivity contribution >= 4 is 33.1 Å². The van der Waals surface area contributed by atoms with E-state index in [0.29, 0.717) is 16.5 Å². The van der Waals surface area contributed by atoms with Crippen LogP contribution in [0.15, 0.2) is 47.5 Å². The maximum Gasteiger partial charge on any atom is 0.245 e.